The highest BCUT2D eigenvalue weighted by Crippen LogP contribution is 2.41. The molecule has 0 spiro atoms. The lowest BCUT2D eigenvalue weighted by Gasteiger charge is -2.43. The molecule has 0 saturated heterocycles. The van der Waals surface area contributed by atoms with Crippen molar-refractivity contribution in [3.05, 3.63) is 66.2 Å². The van der Waals surface area contributed by atoms with Crippen LogP contribution < -0.4 is 5.32 Å². The minimum atomic E-state index is -0.219. The summed E-state index contributed by atoms with van der Waals surface area (Å²) in [7, 11) is 0. The topological polar surface area (TPSA) is 68.0 Å². The molecule has 26 heavy (non-hydrogen) atoms. The molecule has 5 nitrogen and oxygen atoms in total. The molecule has 132 valence electrons. The monoisotopic (exact) mass is 365 g/mol. The third kappa shape index (κ3) is 3.51. The Kier molecular flexibility index (Phi) is 4.75. The lowest BCUT2D eigenvalue weighted by atomic mass is 9.72. The fourth-order valence-electron chi connectivity index (χ4n) is 3.17. The summed E-state index contributed by atoms with van der Waals surface area (Å²) in [6.45, 7) is 0. The zero-order valence-corrected chi connectivity index (χ0v) is 15.0. The van der Waals surface area contributed by atoms with Gasteiger partial charge in [-0.1, -0.05) is 60.3 Å². The number of thioether (sulfide) groups is 1. The van der Waals surface area contributed by atoms with E-state index in [1.807, 2.05) is 48.5 Å². The van der Waals surface area contributed by atoms with Crippen molar-refractivity contribution in [2.45, 2.75) is 30.0 Å². The molecule has 1 fully saturated rings. The van der Waals surface area contributed by atoms with Gasteiger partial charge in [0, 0.05) is 5.56 Å². The summed E-state index contributed by atoms with van der Waals surface area (Å²) in [5, 5.41) is 11.7. The van der Waals surface area contributed by atoms with Crippen molar-refractivity contribution in [2.75, 3.05) is 5.75 Å². The van der Waals surface area contributed by atoms with Crippen LogP contribution in [0.1, 0.15) is 24.8 Å². The lowest BCUT2D eigenvalue weighted by Crippen LogP contribution is -2.51. The molecule has 1 saturated carbocycles. The van der Waals surface area contributed by atoms with Gasteiger partial charge >= 0.3 is 0 Å². The fourth-order valence-corrected chi connectivity index (χ4v) is 3.73. The number of nitrogens with zero attached hydrogens (tertiary/aromatic N) is 2. The molecule has 1 N–H and O–H groups in total. The lowest BCUT2D eigenvalue weighted by molar-refractivity contribution is -0.121. The minimum Gasteiger partial charge on any atom is -0.411 e. The number of aromatic nitrogens is 2. The Morgan fingerprint density at radius 2 is 1.73 bits per heavy atom. The third-order valence-corrected chi connectivity index (χ3v) is 5.48. The second kappa shape index (κ2) is 7.33. The van der Waals surface area contributed by atoms with Gasteiger partial charge < -0.3 is 9.73 Å². The van der Waals surface area contributed by atoms with Gasteiger partial charge in [0.15, 0.2) is 0 Å². The highest BCUT2D eigenvalue weighted by atomic mass is 32.2. The van der Waals surface area contributed by atoms with Crippen molar-refractivity contribution in [3.63, 3.8) is 0 Å². The van der Waals surface area contributed by atoms with Crippen molar-refractivity contribution in [2.24, 2.45) is 0 Å². The molecule has 4 rings (SSSR count). The van der Waals surface area contributed by atoms with Crippen molar-refractivity contribution < 1.29 is 9.21 Å². The predicted octanol–water partition coefficient (Wildman–Crippen LogP) is 4.02. The van der Waals surface area contributed by atoms with E-state index in [0.29, 0.717) is 11.1 Å². The molecule has 0 bridgehead atoms. The van der Waals surface area contributed by atoms with Gasteiger partial charge in [-0.15, -0.1) is 10.2 Å². The molecule has 6 heteroatoms. The summed E-state index contributed by atoms with van der Waals surface area (Å²) < 4.78 is 5.64. The average molecular weight is 365 g/mol. The SMILES string of the molecule is O=C(CSc1nnc(-c2ccccc2)o1)NC1(c2ccccc2)CCC1. The van der Waals surface area contributed by atoms with Gasteiger partial charge in [-0.05, 0) is 37.0 Å². The van der Waals surface area contributed by atoms with Gasteiger partial charge in [0.1, 0.15) is 0 Å². The first-order chi connectivity index (χ1) is 12.8. The van der Waals surface area contributed by atoms with Crippen LogP contribution in [0.4, 0.5) is 0 Å². The van der Waals surface area contributed by atoms with Crippen LogP contribution in [0.3, 0.4) is 0 Å². The van der Waals surface area contributed by atoms with Crippen LogP contribution in [0.15, 0.2) is 70.3 Å². The number of rotatable bonds is 6. The Morgan fingerprint density at radius 3 is 2.38 bits per heavy atom. The first kappa shape index (κ1) is 16.8. The average Bonchev–Trinajstić information content (AvgIpc) is 3.14. The molecule has 1 aromatic heterocycles. The van der Waals surface area contributed by atoms with Crippen LogP contribution in [-0.2, 0) is 10.3 Å². The van der Waals surface area contributed by atoms with Crippen LogP contribution in [0.25, 0.3) is 11.5 Å². The van der Waals surface area contributed by atoms with E-state index in [2.05, 4.69) is 27.6 Å². The third-order valence-electron chi connectivity index (χ3n) is 4.67. The molecular weight excluding hydrogens is 346 g/mol. The van der Waals surface area contributed by atoms with Crippen molar-refractivity contribution in [3.8, 4) is 11.5 Å². The van der Waals surface area contributed by atoms with E-state index < -0.39 is 0 Å². The summed E-state index contributed by atoms with van der Waals surface area (Å²) in [5.74, 6) is 0.705. The molecule has 0 aliphatic heterocycles. The Bertz CT molecular complexity index is 876. The maximum absolute atomic E-state index is 12.5. The van der Waals surface area contributed by atoms with E-state index in [1.54, 1.807) is 0 Å². The molecular formula is C20H19N3O2S. The number of amides is 1. The maximum Gasteiger partial charge on any atom is 0.277 e. The Labute approximate surface area is 156 Å². The number of hydrogen-bond acceptors (Lipinski definition) is 5. The van der Waals surface area contributed by atoms with Crippen LogP contribution in [-0.4, -0.2) is 21.9 Å². The second-order valence-corrected chi connectivity index (χ2v) is 7.30. The zero-order valence-electron chi connectivity index (χ0n) is 14.2. The second-order valence-electron chi connectivity index (χ2n) is 6.38. The molecule has 0 unspecified atom stereocenters. The number of benzene rings is 2. The number of nitrogens with one attached hydrogen (secondary N) is 1. The van der Waals surface area contributed by atoms with E-state index in [-0.39, 0.29) is 17.2 Å². The van der Waals surface area contributed by atoms with Gasteiger partial charge in [-0.2, -0.15) is 0 Å². The Balaban J connectivity index is 1.37. The highest BCUT2D eigenvalue weighted by molar-refractivity contribution is 7.99. The molecule has 1 aliphatic rings. The van der Waals surface area contributed by atoms with E-state index in [0.717, 1.165) is 24.8 Å². The molecule has 3 aromatic rings. The standard InChI is InChI=1S/C20H19N3O2S/c24-17(21-20(12-7-13-20)16-10-5-2-6-11-16)14-26-19-23-22-18(25-19)15-8-3-1-4-9-15/h1-6,8-11H,7,12-14H2,(H,21,24). The summed E-state index contributed by atoms with van der Waals surface area (Å²) in [5.41, 5.74) is 1.82. The van der Waals surface area contributed by atoms with Crippen LogP contribution in [0, 0.1) is 0 Å². The van der Waals surface area contributed by atoms with E-state index in [4.69, 9.17) is 4.42 Å². The molecule has 1 amide bonds. The first-order valence-corrected chi connectivity index (χ1v) is 9.62. The largest absolute Gasteiger partial charge is 0.411 e. The van der Waals surface area contributed by atoms with Gasteiger partial charge in [-0.25, -0.2) is 0 Å². The van der Waals surface area contributed by atoms with E-state index in [9.17, 15) is 4.79 Å². The Morgan fingerprint density at radius 1 is 1.04 bits per heavy atom. The minimum absolute atomic E-state index is 0.0157. The molecule has 0 atom stereocenters. The van der Waals surface area contributed by atoms with Crippen LogP contribution in [0.2, 0.25) is 0 Å². The normalized spacial score (nSPS) is 15.2. The Hall–Kier alpha value is -2.60. The summed E-state index contributed by atoms with van der Waals surface area (Å²) in [6.07, 6.45) is 3.09. The van der Waals surface area contributed by atoms with Crippen molar-refractivity contribution >= 4 is 17.7 Å². The summed E-state index contributed by atoms with van der Waals surface area (Å²) >= 11 is 1.26. The van der Waals surface area contributed by atoms with Crippen LogP contribution >= 0.6 is 11.8 Å². The zero-order chi connectivity index (χ0) is 17.8. The van der Waals surface area contributed by atoms with Crippen molar-refractivity contribution in [1.82, 2.24) is 15.5 Å². The highest BCUT2D eigenvalue weighted by Gasteiger charge is 2.39. The van der Waals surface area contributed by atoms with Crippen molar-refractivity contribution in [1.29, 1.82) is 0 Å². The molecule has 2 aromatic carbocycles. The quantitative estimate of drug-likeness (QED) is 0.668. The van der Waals surface area contributed by atoms with Gasteiger partial charge in [0.2, 0.25) is 11.8 Å². The summed E-state index contributed by atoms with van der Waals surface area (Å²) in [6, 6.07) is 19.8. The molecule has 0 radical (unpaired) electrons. The maximum atomic E-state index is 12.5. The van der Waals surface area contributed by atoms with Gasteiger partial charge in [0.25, 0.3) is 5.22 Å². The predicted molar refractivity (Wildman–Crippen MR) is 101 cm³/mol. The first-order valence-electron chi connectivity index (χ1n) is 8.63. The van der Waals surface area contributed by atoms with E-state index in [1.165, 1.54) is 17.3 Å². The van der Waals surface area contributed by atoms with Gasteiger partial charge in [0.05, 0.1) is 11.3 Å². The van der Waals surface area contributed by atoms with Gasteiger partial charge in [-0.3, -0.25) is 4.79 Å². The number of hydrogen-bond donors (Lipinski definition) is 1. The fraction of sp³-hybridized carbons (Fsp3) is 0.250. The smallest absolute Gasteiger partial charge is 0.277 e. The molecule has 1 aliphatic carbocycles. The van der Waals surface area contributed by atoms with E-state index >= 15 is 0 Å². The number of carbonyl (C=O) groups excluding carboxylic acids is 1. The molecule has 1 heterocycles. The summed E-state index contributed by atoms with van der Waals surface area (Å²) in [4.78, 5) is 12.5. The number of carbonyl (C=O) groups is 1. The van der Waals surface area contributed by atoms with Crippen LogP contribution in [0.5, 0.6) is 0 Å².